The molecular weight excluding hydrogens is 304 g/mol. The van der Waals surface area contributed by atoms with Crippen molar-refractivity contribution in [3.8, 4) is 5.75 Å². The zero-order valence-corrected chi connectivity index (χ0v) is 12.8. The van der Waals surface area contributed by atoms with E-state index in [1.807, 2.05) is 0 Å². The summed E-state index contributed by atoms with van der Waals surface area (Å²) in [6, 6.07) is 8.49. The number of hydrogen-bond acceptors (Lipinski definition) is 6. The predicted octanol–water partition coefficient (Wildman–Crippen LogP) is 1.70. The molecule has 22 heavy (non-hydrogen) atoms. The van der Waals surface area contributed by atoms with Crippen molar-refractivity contribution < 1.29 is 9.84 Å². The smallest absolute Gasteiger partial charge is 0.222 e. The standard InChI is InChI=1S/C15H19ClN4O2/c16-11-2-4-14(5-3-11)22-10-13(21)8-12(17)9-20-15-18-6-1-7-19-15/h1-7,12-13,21H,8-10,17H2,(H,18,19,20). The number of nitrogens with zero attached hydrogens (tertiary/aromatic N) is 2. The van der Waals surface area contributed by atoms with Crippen LogP contribution in [-0.4, -0.2) is 40.4 Å². The number of nitrogens with two attached hydrogens (primary N) is 1. The van der Waals surface area contributed by atoms with Gasteiger partial charge in [0, 0.05) is 30.0 Å². The molecule has 0 fully saturated rings. The molecule has 0 aliphatic rings. The Morgan fingerprint density at radius 3 is 2.59 bits per heavy atom. The highest BCUT2D eigenvalue weighted by molar-refractivity contribution is 6.30. The van der Waals surface area contributed by atoms with Crippen molar-refractivity contribution in [2.75, 3.05) is 18.5 Å². The topological polar surface area (TPSA) is 93.3 Å². The van der Waals surface area contributed by atoms with Crippen LogP contribution in [0.2, 0.25) is 5.02 Å². The quantitative estimate of drug-likeness (QED) is 0.685. The zero-order chi connectivity index (χ0) is 15.8. The van der Waals surface area contributed by atoms with Crippen LogP contribution in [0.25, 0.3) is 0 Å². The molecule has 2 atom stereocenters. The van der Waals surface area contributed by atoms with Gasteiger partial charge < -0.3 is 20.9 Å². The molecule has 0 amide bonds. The van der Waals surface area contributed by atoms with Crippen LogP contribution >= 0.6 is 11.6 Å². The van der Waals surface area contributed by atoms with Crippen LogP contribution in [0.5, 0.6) is 5.75 Å². The van der Waals surface area contributed by atoms with Crippen LogP contribution in [0, 0.1) is 0 Å². The van der Waals surface area contributed by atoms with Gasteiger partial charge in [-0.1, -0.05) is 11.6 Å². The molecule has 0 saturated heterocycles. The molecule has 1 aromatic carbocycles. The summed E-state index contributed by atoms with van der Waals surface area (Å²) in [7, 11) is 0. The number of rotatable bonds is 8. The van der Waals surface area contributed by atoms with Gasteiger partial charge in [0.25, 0.3) is 0 Å². The maximum Gasteiger partial charge on any atom is 0.222 e. The SMILES string of the molecule is NC(CNc1ncccn1)CC(O)COc1ccc(Cl)cc1. The second-order valence-corrected chi connectivity index (χ2v) is 5.30. The molecule has 7 heteroatoms. The average molecular weight is 323 g/mol. The Hall–Kier alpha value is -1.89. The lowest BCUT2D eigenvalue weighted by molar-refractivity contribution is 0.0949. The van der Waals surface area contributed by atoms with Crippen LogP contribution in [-0.2, 0) is 0 Å². The zero-order valence-electron chi connectivity index (χ0n) is 12.0. The maximum absolute atomic E-state index is 9.94. The van der Waals surface area contributed by atoms with E-state index in [0.717, 1.165) is 0 Å². The summed E-state index contributed by atoms with van der Waals surface area (Å²) in [4.78, 5) is 8.07. The largest absolute Gasteiger partial charge is 0.491 e. The average Bonchev–Trinajstić information content (AvgIpc) is 2.53. The predicted molar refractivity (Wildman–Crippen MR) is 86.1 cm³/mol. The summed E-state index contributed by atoms with van der Waals surface area (Å²) in [5.41, 5.74) is 5.96. The van der Waals surface area contributed by atoms with Gasteiger partial charge in [-0.25, -0.2) is 9.97 Å². The molecule has 0 aliphatic carbocycles. The van der Waals surface area contributed by atoms with E-state index in [1.165, 1.54) is 0 Å². The van der Waals surface area contributed by atoms with Crippen LogP contribution in [0.15, 0.2) is 42.7 Å². The summed E-state index contributed by atoms with van der Waals surface area (Å²) >= 11 is 5.79. The highest BCUT2D eigenvalue weighted by Gasteiger charge is 2.12. The third-order valence-electron chi connectivity index (χ3n) is 2.92. The monoisotopic (exact) mass is 322 g/mol. The van der Waals surface area contributed by atoms with Crippen LogP contribution in [0.1, 0.15) is 6.42 Å². The van der Waals surface area contributed by atoms with Crippen molar-refractivity contribution in [2.24, 2.45) is 5.73 Å². The number of aliphatic hydroxyl groups is 1. The molecule has 1 aromatic heterocycles. The lowest BCUT2D eigenvalue weighted by atomic mass is 10.1. The molecule has 2 rings (SSSR count). The first-order valence-electron chi connectivity index (χ1n) is 6.96. The van der Waals surface area contributed by atoms with Crippen LogP contribution in [0.3, 0.4) is 0 Å². The molecule has 0 saturated carbocycles. The number of halogens is 1. The molecule has 118 valence electrons. The minimum Gasteiger partial charge on any atom is -0.491 e. The number of aromatic nitrogens is 2. The van der Waals surface area contributed by atoms with E-state index in [4.69, 9.17) is 22.1 Å². The Balaban J connectivity index is 1.67. The van der Waals surface area contributed by atoms with E-state index in [1.54, 1.807) is 42.7 Å². The minimum atomic E-state index is -0.649. The first kappa shape index (κ1) is 16.5. The van der Waals surface area contributed by atoms with Crippen LogP contribution in [0.4, 0.5) is 5.95 Å². The Morgan fingerprint density at radius 2 is 1.91 bits per heavy atom. The fourth-order valence-electron chi connectivity index (χ4n) is 1.84. The second kappa shape index (κ2) is 8.53. The number of aliphatic hydroxyl groups excluding tert-OH is 1. The summed E-state index contributed by atoms with van der Waals surface area (Å²) in [6.45, 7) is 0.652. The van der Waals surface area contributed by atoms with E-state index < -0.39 is 6.10 Å². The minimum absolute atomic E-state index is 0.178. The number of nitrogens with one attached hydrogen (secondary N) is 1. The molecule has 0 aliphatic heterocycles. The maximum atomic E-state index is 9.94. The van der Waals surface area contributed by atoms with Crippen molar-refractivity contribution >= 4 is 17.5 Å². The van der Waals surface area contributed by atoms with E-state index >= 15 is 0 Å². The van der Waals surface area contributed by atoms with Gasteiger partial charge in [-0.2, -0.15) is 0 Å². The molecular formula is C15H19ClN4O2. The first-order chi connectivity index (χ1) is 10.6. The number of benzene rings is 1. The lowest BCUT2D eigenvalue weighted by Gasteiger charge is -2.17. The lowest BCUT2D eigenvalue weighted by Crippen LogP contribution is -2.35. The van der Waals surface area contributed by atoms with E-state index in [-0.39, 0.29) is 12.6 Å². The van der Waals surface area contributed by atoms with Gasteiger partial charge in [-0.05, 0) is 36.8 Å². The molecule has 2 aromatic rings. The number of ether oxygens (including phenoxy) is 1. The Morgan fingerprint density at radius 1 is 1.23 bits per heavy atom. The normalized spacial score (nSPS) is 13.4. The van der Waals surface area contributed by atoms with Gasteiger partial charge in [0.1, 0.15) is 12.4 Å². The van der Waals surface area contributed by atoms with Gasteiger partial charge in [-0.3, -0.25) is 0 Å². The third kappa shape index (κ3) is 5.85. The Kier molecular flexibility index (Phi) is 6.39. The van der Waals surface area contributed by atoms with Gasteiger partial charge in [-0.15, -0.1) is 0 Å². The van der Waals surface area contributed by atoms with Crippen molar-refractivity contribution in [3.05, 3.63) is 47.7 Å². The summed E-state index contributed by atoms with van der Waals surface area (Å²) in [6.07, 6.45) is 3.06. The van der Waals surface area contributed by atoms with Crippen molar-refractivity contribution in [1.29, 1.82) is 0 Å². The molecule has 1 heterocycles. The van der Waals surface area contributed by atoms with Gasteiger partial charge >= 0.3 is 0 Å². The van der Waals surface area contributed by atoms with E-state index in [0.29, 0.717) is 29.7 Å². The summed E-state index contributed by atoms with van der Waals surface area (Å²) in [5.74, 6) is 1.18. The van der Waals surface area contributed by atoms with E-state index in [2.05, 4.69) is 15.3 Å². The fraction of sp³-hybridized carbons (Fsp3) is 0.333. The van der Waals surface area contributed by atoms with E-state index in [9.17, 15) is 5.11 Å². The highest BCUT2D eigenvalue weighted by Crippen LogP contribution is 2.15. The Bertz CT molecular complexity index is 553. The number of hydrogen-bond donors (Lipinski definition) is 3. The third-order valence-corrected chi connectivity index (χ3v) is 3.17. The molecule has 2 unspecified atom stereocenters. The van der Waals surface area contributed by atoms with Crippen LogP contribution < -0.4 is 15.8 Å². The Labute approximate surface area is 134 Å². The summed E-state index contributed by atoms with van der Waals surface area (Å²) in [5, 5.41) is 13.6. The van der Waals surface area contributed by atoms with Gasteiger partial charge in [0.2, 0.25) is 5.95 Å². The first-order valence-corrected chi connectivity index (χ1v) is 7.34. The molecule has 0 radical (unpaired) electrons. The number of anilines is 1. The fourth-order valence-corrected chi connectivity index (χ4v) is 1.96. The molecule has 0 bridgehead atoms. The van der Waals surface area contributed by atoms with Crippen molar-refractivity contribution in [2.45, 2.75) is 18.6 Å². The van der Waals surface area contributed by atoms with Crippen molar-refractivity contribution in [3.63, 3.8) is 0 Å². The summed E-state index contributed by atoms with van der Waals surface area (Å²) < 4.78 is 5.48. The molecule has 0 spiro atoms. The molecule has 4 N–H and O–H groups in total. The van der Waals surface area contributed by atoms with Gasteiger partial charge in [0.05, 0.1) is 6.10 Å². The van der Waals surface area contributed by atoms with Crippen molar-refractivity contribution in [1.82, 2.24) is 9.97 Å². The highest BCUT2D eigenvalue weighted by atomic mass is 35.5. The second-order valence-electron chi connectivity index (χ2n) is 4.87. The molecule has 6 nitrogen and oxygen atoms in total. The van der Waals surface area contributed by atoms with Gasteiger partial charge in [0.15, 0.2) is 0 Å².